The van der Waals surface area contributed by atoms with Crippen LogP contribution in [0.15, 0.2) is 22.7 Å². The van der Waals surface area contributed by atoms with Crippen LogP contribution in [0.1, 0.15) is 11.9 Å². The molecule has 1 saturated heterocycles. The number of nitro groups is 1. The lowest BCUT2D eigenvalue weighted by molar-refractivity contribution is -0.385. The van der Waals surface area contributed by atoms with Crippen molar-refractivity contribution in [3.63, 3.8) is 0 Å². The van der Waals surface area contributed by atoms with Gasteiger partial charge in [-0.2, -0.15) is 4.98 Å². The van der Waals surface area contributed by atoms with E-state index in [4.69, 9.17) is 9.26 Å². The summed E-state index contributed by atoms with van der Waals surface area (Å²) in [6.45, 7) is 2.58. The van der Waals surface area contributed by atoms with Crippen molar-refractivity contribution in [2.45, 2.75) is 6.04 Å². The smallest absolute Gasteiger partial charge is 0.310 e. The first-order valence-corrected chi connectivity index (χ1v) is 7.17. The van der Waals surface area contributed by atoms with Gasteiger partial charge >= 0.3 is 5.69 Å². The quantitative estimate of drug-likeness (QED) is 0.662. The third-order valence-corrected chi connectivity index (χ3v) is 3.87. The Kier molecular flexibility index (Phi) is 4.22. The zero-order valence-electron chi connectivity index (χ0n) is 12.9. The summed E-state index contributed by atoms with van der Waals surface area (Å²) in [7, 11) is 3.39. The minimum absolute atomic E-state index is 0.0428. The number of aromatic nitrogens is 2. The average Bonchev–Trinajstić information content (AvgIpc) is 3.04. The van der Waals surface area contributed by atoms with Crippen LogP contribution in [0.25, 0.3) is 11.5 Å². The summed E-state index contributed by atoms with van der Waals surface area (Å²) in [4.78, 5) is 17.0. The highest BCUT2D eigenvalue weighted by molar-refractivity contribution is 5.62. The number of nitrogens with zero attached hydrogens (tertiary/aromatic N) is 4. The summed E-state index contributed by atoms with van der Waals surface area (Å²) in [5.41, 5.74) is 0.477. The van der Waals surface area contributed by atoms with Gasteiger partial charge in [0.1, 0.15) is 0 Å². The number of nitro benzene ring substituents is 1. The number of benzene rings is 1. The zero-order valence-corrected chi connectivity index (χ0v) is 12.9. The standard InChI is InChI=1S/C14H17N5O4/c1-18-6-5-15-8-11(18)13-16-14(23-17-13)9-3-4-10(19(20)21)12(7-9)22-2/h3-4,7,11,15H,5-6,8H2,1-2H3. The number of nitrogens with one attached hydrogen (secondary N) is 1. The minimum Gasteiger partial charge on any atom is -0.490 e. The number of likely N-dealkylation sites (N-methyl/N-ethyl adjacent to an activating group) is 1. The van der Waals surface area contributed by atoms with Crippen LogP contribution in [-0.4, -0.2) is 53.8 Å². The van der Waals surface area contributed by atoms with Crippen molar-refractivity contribution in [2.24, 2.45) is 0 Å². The van der Waals surface area contributed by atoms with E-state index < -0.39 is 4.92 Å². The van der Waals surface area contributed by atoms with Crippen molar-refractivity contribution in [3.05, 3.63) is 34.1 Å². The van der Waals surface area contributed by atoms with Crippen LogP contribution in [0.5, 0.6) is 5.75 Å². The van der Waals surface area contributed by atoms with Gasteiger partial charge in [-0.1, -0.05) is 5.16 Å². The molecule has 0 bridgehead atoms. The van der Waals surface area contributed by atoms with Crippen LogP contribution in [0, 0.1) is 10.1 Å². The molecule has 3 rings (SSSR count). The number of hydrogen-bond donors (Lipinski definition) is 1. The van der Waals surface area contributed by atoms with Crippen LogP contribution < -0.4 is 10.1 Å². The summed E-state index contributed by atoms with van der Waals surface area (Å²) < 4.78 is 10.4. The van der Waals surface area contributed by atoms with Crippen molar-refractivity contribution in [3.8, 4) is 17.2 Å². The zero-order chi connectivity index (χ0) is 16.4. The molecule has 9 heteroatoms. The summed E-state index contributed by atoms with van der Waals surface area (Å²) in [5.74, 6) is 1.06. The van der Waals surface area contributed by atoms with Gasteiger partial charge in [-0.3, -0.25) is 15.0 Å². The largest absolute Gasteiger partial charge is 0.490 e. The highest BCUT2D eigenvalue weighted by Gasteiger charge is 2.26. The molecule has 1 aliphatic rings. The van der Waals surface area contributed by atoms with Gasteiger partial charge in [-0.15, -0.1) is 0 Å². The Morgan fingerprint density at radius 3 is 3.04 bits per heavy atom. The SMILES string of the molecule is COc1cc(-c2nc(C3CNCCN3C)no2)ccc1[N+](=O)[O-]. The van der Waals surface area contributed by atoms with Crippen molar-refractivity contribution in [1.29, 1.82) is 0 Å². The Morgan fingerprint density at radius 2 is 2.35 bits per heavy atom. The fraction of sp³-hybridized carbons (Fsp3) is 0.429. The van der Waals surface area contributed by atoms with E-state index in [1.165, 1.54) is 19.2 Å². The molecule has 0 aliphatic carbocycles. The molecule has 1 aromatic heterocycles. The number of hydrogen-bond acceptors (Lipinski definition) is 8. The minimum atomic E-state index is -0.496. The molecule has 0 amide bonds. The van der Waals surface area contributed by atoms with Gasteiger partial charge in [0, 0.05) is 37.3 Å². The van der Waals surface area contributed by atoms with E-state index in [1.54, 1.807) is 6.07 Å². The van der Waals surface area contributed by atoms with Crippen molar-refractivity contribution >= 4 is 5.69 Å². The number of piperazine rings is 1. The normalized spacial score (nSPS) is 18.8. The van der Waals surface area contributed by atoms with Crippen LogP contribution in [0.4, 0.5) is 5.69 Å². The van der Waals surface area contributed by atoms with Gasteiger partial charge < -0.3 is 14.6 Å². The lowest BCUT2D eigenvalue weighted by atomic mass is 10.1. The van der Waals surface area contributed by atoms with Crippen LogP contribution in [-0.2, 0) is 0 Å². The monoisotopic (exact) mass is 319 g/mol. The highest BCUT2D eigenvalue weighted by Crippen LogP contribution is 2.32. The number of ether oxygens (including phenoxy) is 1. The van der Waals surface area contributed by atoms with E-state index in [9.17, 15) is 10.1 Å². The topological polar surface area (TPSA) is 107 Å². The van der Waals surface area contributed by atoms with E-state index >= 15 is 0 Å². The van der Waals surface area contributed by atoms with Crippen molar-refractivity contribution in [2.75, 3.05) is 33.8 Å². The molecule has 2 heterocycles. The average molecular weight is 319 g/mol. The van der Waals surface area contributed by atoms with Crippen LogP contribution in [0.3, 0.4) is 0 Å². The van der Waals surface area contributed by atoms with E-state index in [1.807, 2.05) is 7.05 Å². The van der Waals surface area contributed by atoms with Gasteiger partial charge in [0.05, 0.1) is 18.1 Å². The molecule has 0 saturated carbocycles. The third kappa shape index (κ3) is 3.01. The molecule has 23 heavy (non-hydrogen) atoms. The molecule has 9 nitrogen and oxygen atoms in total. The predicted molar refractivity (Wildman–Crippen MR) is 81.2 cm³/mol. The second kappa shape index (κ2) is 6.31. The van der Waals surface area contributed by atoms with E-state index in [0.717, 1.165) is 19.6 Å². The van der Waals surface area contributed by atoms with E-state index in [0.29, 0.717) is 17.3 Å². The Labute approximate surface area is 132 Å². The Bertz CT molecular complexity index is 717. The molecule has 0 radical (unpaired) electrons. The summed E-state index contributed by atoms with van der Waals surface area (Å²) in [5, 5.41) is 18.3. The maximum atomic E-state index is 10.9. The van der Waals surface area contributed by atoms with Gasteiger partial charge in [0.25, 0.3) is 5.89 Å². The Morgan fingerprint density at radius 1 is 1.52 bits per heavy atom. The van der Waals surface area contributed by atoms with Crippen LogP contribution in [0.2, 0.25) is 0 Å². The first-order valence-electron chi connectivity index (χ1n) is 7.17. The first-order chi connectivity index (χ1) is 11.1. The molecule has 122 valence electrons. The van der Waals surface area contributed by atoms with E-state index in [-0.39, 0.29) is 17.5 Å². The Hall–Kier alpha value is -2.52. The maximum Gasteiger partial charge on any atom is 0.310 e. The summed E-state index contributed by atoms with van der Waals surface area (Å²) in [6, 6.07) is 4.51. The Balaban J connectivity index is 1.89. The number of rotatable bonds is 4. The highest BCUT2D eigenvalue weighted by atomic mass is 16.6. The van der Waals surface area contributed by atoms with Crippen molar-refractivity contribution in [1.82, 2.24) is 20.4 Å². The molecule has 1 aromatic carbocycles. The molecule has 1 aliphatic heterocycles. The van der Waals surface area contributed by atoms with Gasteiger partial charge in [0.2, 0.25) is 0 Å². The summed E-state index contributed by atoms with van der Waals surface area (Å²) in [6.07, 6.45) is 0. The molecular weight excluding hydrogens is 302 g/mol. The van der Waals surface area contributed by atoms with Gasteiger partial charge in [-0.25, -0.2) is 0 Å². The second-order valence-electron chi connectivity index (χ2n) is 5.30. The van der Waals surface area contributed by atoms with Gasteiger partial charge in [-0.05, 0) is 13.1 Å². The van der Waals surface area contributed by atoms with Crippen LogP contribution >= 0.6 is 0 Å². The second-order valence-corrected chi connectivity index (χ2v) is 5.30. The first kappa shape index (κ1) is 15.4. The van der Waals surface area contributed by atoms with E-state index in [2.05, 4.69) is 20.4 Å². The predicted octanol–water partition coefficient (Wildman–Crippen LogP) is 1.23. The molecule has 0 spiro atoms. The lowest BCUT2D eigenvalue weighted by Gasteiger charge is -2.30. The maximum absolute atomic E-state index is 10.9. The van der Waals surface area contributed by atoms with Crippen molar-refractivity contribution < 1.29 is 14.2 Å². The molecule has 2 aromatic rings. The molecule has 1 unspecified atom stereocenters. The molecule has 1 N–H and O–H groups in total. The third-order valence-electron chi connectivity index (χ3n) is 3.87. The fourth-order valence-electron chi connectivity index (χ4n) is 2.54. The number of methoxy groups -OCH3 is 1. The fourth-order valence-corrected chi connectivity index (χ4v) is 2.54. The summed E-state index contributed by atoms with van der Waals surface area (Å²) >= 11 is 0. The molecular formula is C14H17N5O4. The van der Waals surface area contributed by atoms with Gasteiger partial charge in [0.15, 0.2) is 11.6 Å². The molecule has 1 fully saturated rings. The molecule has 1 atom stereocenters. The lowest BCUT2D eigenvalue weighted by Crippen LogP contribution is -2.44.